The number of benzene rings is 1. The first kappa shape index (κ1) is 15.5. The quantitative estimate of drug-likeness (QED) is 0.929. The number of primary amides is 1. The molecule has 1 aromatic rings. The summed E-state index contributed by atoms with van der Waals surface area (Å²) in [6.07, 6.45) is 0.448. The minimum atomic E-state index is -0.647. The highest BCUT2D eigenvalue weighted by Crippen LogP contribution is 2.32. The van der Waals surface area contributed by atoms with Crippen LogP contribution in [-0.4, -0.2) is 22.8 Å². The predicted molar refractivity (Wildman–Crippen MR) is 78.2 cm³/mol. The fraction of sp³-hybridized carbons (Fsp3) is 0.500. The molecule has 2 N–H and O–H groups in total. The third-order valence-corrected chi connectivity index (χ3v) is 3.92. The van der Waals surface area contributed by atoms with Gasteiger partial charge in [-0.1, -0.05) is 27.7 Å². The Morgan fingerprint density at radius 3 is 2.52 bits per heavy atom. The van der Waals surface area contributed by atoms with Crippen molar-refractivity contribution in [3.8, 4) is 0 Å². The number of hydrogen-bond donors (Lipinski definition) is 1. The number of nitrogens with zero attached hydrogens (tertiary/aromatic N) is 1. The molecule has 1 heterocycles. The van der Waals surface area contributed by atoms with Gasteiger partial charge in [-0.2, -0.15) is 0 Å². The van der Waals surface area contributed by atoms with E-state index in [1.54, 1.807) is 13.0 Å². The van der Waals surface area contributed by atoms with Crippen molar-refractivity contribution in [2.75, 3.05) is 0 Å². The average Bonchev–Trinajstić information content (AvgIpc) is 2.65. The van der Waals surface area contributed by atoms with Crippen LogP contribution in [0, 0.1) is 5.82 Å². The number of hydrogen-bond acceptors (Lipinski definition) is 2. The van der Waals surface area contributed by atoms with Gasteiger partial charge in [0.05, 0.1) is 0 Å². The zero-order valence-corrected chi connectivity index (χ0v) is 12.9. The Morgan fingerprint density at radius 2 is 2.05 bits per heavy atom. The van der Waals surface area contributed by atoms with Crippen LogP contribution in [0.1, 0.15) is 55.6 Å². The normalized spacial score (nSPS) is 16.0. The Kier molecular flexibility index (Phi) is 3.78. The van der Waals surface area contributed by atoms with Crippen LogP contribution in [0.15, 0.2) is 12.1 Å². The molecule has 1 aliphatic rings. The van der Waals surface area contributed by atoms with Crippen molar-refractivity contribution < 1.29 is 14.0 Å². The number of rotatable bonds is 3. The number of amides is 2. The number of halogens is 1. The van der Waals surface area contributed by atoms with Gasteiger partial charge in [-0.25, -0.2) is 4.39 Å². The largest absolute Gasteiger partial charge is 0.368 e. The third kappa shape index (κ3) is 2.64. The van der Waals surface area contributed by atoms with Gasteiger partial charge in [0.1, 0.15) is 11.9 Å². The standard InChI is InChI=1S/C16H21FN2O2/c1-5-13(14(18)20)19-8-9-6-11(16(2,3)4)12(17)7-10(9)15(19)21/h6-7,13H,5,8H2,1-4H3,(H2,18,20). The lowest BCUT2D eigenvalue weighted by atomic mass is 9.85. The molecule has 1 aromatic carbocycles. The SMILES string of the molecule is CCC(C(N)=O)N1Cc2cc(C(C)(C)C)c(F)cc2C1=O. The first-order valence-corrected chi connectivity index (χ1v) is 7.10. The highest BCUT2D eigenvalue weighted by atomic mass is 19.1. The molecule has 5 heteroatoms. The second-order valence-electron chi connectivity index (χ2n) is 6.50. The summed E-state index contributed by atoms with van der Waals surface area (Å²) in [5.74, 6) is -1.24. The summed E-state index contributed by atoms with van der Waals surface area (Å²) in [4.78, 5) is 25.3. The molecule has 0 saturated heterocycles. The van der Waals surface area contributed by atoms with E-state index in [0.717, 1.165) is 5.56 Å². The summed E-state index contributed by atoms with van der Waals surface area (Å²) in [5.41, 5.74) is 6.66. The molecular weight excluding hydrogens is 271 g/mol. The zero-order chi connectivity index (χ0) is 15.9. The molecule has 0 bridgehead atoms. The number of carbonyl (C=O) groups excluding carboxylic acids is 2. The molecule has 1 atom stereocenters. The van der Waals surface area contributed by atoms with E-state index in [4.69, 9.17) is 5.73 Å². The van der Waals surface area contributed by atoms with Crippen molar-refractivity contribution in [1.82, 2.24) is 4.90 Å². The highest BCUT2D eigenvalue weighted by Gasteiger charge is 2.36. The monoisotopic (exact) mass is 292 g/mol. The van der Waals surface area contributed by atoms with E-state index >= 15 is 0 Å². The second-order valence-corrected chi connectivity index (χ2v) is 6.50. The first-order valence-electron chi connectivity index (χ1n) is 7.10. The molecule has 2 amide bonds. The van der Waals surface area contributed by atoms with Gasteiger partial charge in [0, 0.05) is 12.1 Å². The Bertz CT molecular complexity index is 605. The maximum atomic E-state index is 14.2. The lowest BCUT2D eigenvalue weighted by molar-refractivity contribution is -0.122. The summed E-state index contributed by atoms with van der Waals surface area (Å²) in [6, 6.07) is 2.37. The van der Waals surface area contributed by atoms with Crippen LogP contribution in [0.4, 0.5) is 4.39 Å². The molecule has 4 nitrogen and oxygen atoms in total. The van der Waals surface area contributed by atoms with E-state index in [1.165, 1.54) is 11.0 Å². The molecule has 1 aliphatic heterocycles. The fourth-order valence-electron chi connectivity index (χ4n) is 2.76. The van der Waals surface area contributed by atoms with Crippen LogP contribution in [0.3, 0.4) is 0 Å². The molecule has 0 saturated carbocycles. The predicted octanol–water partition coefficient (Wildman–Crippen LogP) is 2.34. The topological polar surface area (TPSA) is 63.4 Å². The van der Waals surface area contributed by atoms with Crippen LogP contribution < -0.4 is 5.73 Å². The summed E-state index contributed by atoms with van der Waals surface area (Å²) in [6.45, 7) is 7.87. The fourth-order valence-corrected chi connectivity index (χ4v) is 2.76. The van der Waals surface area contributed by atoms with Gasteiger partial charge in [0.25, 0.3) is 5.91 Å². The maximum Gasteiger partial charge on any atom is 0.255 e. The van der Waals surface area contributed by atoms with Crippen molar-refractivity contribution in [3.05, 3.63) is 34.6 Å². The number of fused-ring (bicyclic) bond motifs is 1. The first-order chi connectivity index (χ1) is 9.66. The Hall–Kier alpha value is -1.91. The molecule has 0 spiro atoms. The van der Waals surface area contributed by atoms with E-state index in [1.807, 2.05) is 20.8 Å². The van der Waals surface area contributed by atoms with Crippen molar-refractivity contribution in [2.24, 2.45) is 5.73 Å². The van der Waals surface area contributed by atoms with Gasteiger partial charge >= 0.3 is 0 Å². The maximum absolute atomic E-state index is 14.2. The van der Waals surface area contributed by atoms with Crippen LogP contribution >= 0.6 is 0 Å². The molecule has 0 fully saturated rings. The Balaban J connectivity index is 2.44. The van der Waals surface area contributed by atoms with Crippen molar-refractivity contribution in [2.45, 2.75) is 52.1 Å². The number of carbonyl (C=O) groups is 2. The van der Waals surface area contributed by atoms with Crippen LogP contribution in [-0.2, 0) is 16.8 Å². The van der Waals surface area contributed by atoms with Crippen LogP contribution in [0.2, 0.25) is 0 Å². The summed E-state index contributed by atoms with van der Waals surface area (Å²) >= 11 is 0. The molecule has 0 aliphatic carbocycles. The lowest BCUT2D eigenvalue weighted by Crippen LogP contribution is -2.44. The molecule has 2 rings (SSSR count). The Morgan fingerprint density at radius 1 is 1.43 bits per heavy atom. The molecule has 21 heavy (non-hydrogen) atoms. The smallest absolute Gasteiger partial charge is 0.255 e. The van der Waals surface area contributed by atoms with Gasteiger partial charge in [-0.3, -0.25) is 9.59 Å². The van der Waals surface area contributed by atoms with Gasteiger partial charge < -0.3 is 10.6 Å². The van der Waals surface area contributed by atoms with E-state index in [-0.39, 0.29) is 17.1 Å². The van der Waals surface area contributed by atoms with E-state index in [0.29, 0.717) is 24.1 Å². The second kappa shape index (κ2) is 5.13. The summed E-state index contributed by atoms with van der Waals surface area (Å²) < 4.78 is 14.2. The minimum absolute atomic E-state index is 0.305. The van der Waals surface area contributed by atoms with Gasteiger partial charge in [0.2, 0.25) is 5.91 Å². The van der Waals surface area contributed by atoms with E-state index < -0.39 is 11.9 Å². The molecule has 114 valence electrons. The zero-order valence-electron chi connectivity index (χ0n) is 12.9. The summed E-state index contributed by atoms with van der Waals surface area (Å²) in [5, 5.41) is 0. The van der Waals surface area contributed by atoms with Crippen LogP contribution in [0.5, 0.6) is 0 Å². The number of nitrogens with two attached hydrogens (primary N) is 1. The van der Waals surface area contributed by atoms with Crippen molar-refractivity contribution in [3.63, 3.8) is 0 Å². The molecule has 0 radical (unpaired) electrons. The lowest BCUT2D eigenvalue weighted by Gasteiger charge is -2.23. The molecule has 1 unspecified atom stereocenters. The van der Waals surface area contributed by atoms with Crippen molar-refractivity contribution in [1.29, 1.82) is 0 Å². The van der Waals surface area contributed by atoms with E-state index in [2.05, 4.69) is 0 Å². The summed E-state index contributed by atoms with van der Waals surface area (Å²) in [7, 11) is 0. The van der Waals surface area contributed by atoms with E-state index in [9.17, 15) is 14.0 Å². The van der Waals surface area contributed by atoms with Crippen molar-refractivity contribution >= 4 is 11.8 Å². The van der Waals surface area contributed by atoms with Gasteiger partial charge in [0.15, 0.2) is 0 Å². The van der Waals surface area contributed by atoms with Gasteiger partial charge in [-0.05, 0) is 35.1 Å². The Labute approximate surface area is 124 Å². The molecular formula is C16H21FN2O2. The third-order valence-electron chi connectivity index (χ3n) is 3.92. The highest BCUT2D eigenvalue weighted by molar-refractivity contribution is 6.01. The minimum Gasteiger partial charge on any atom is -0.368 e. The van der Waals surface area contributed by atoms with Gasteiger partial charge in [-0.15, -0.1) is 0 Å². The van der Waals surface area contributed by atoms with Crippen LogP contribution in [0.25, 0.3) is 0 Å². The molecule has 0 aromatic heterocycles. The average molecular weight is 292 g/mol.